The van der Waals surface area contributed by atoms with E-state index in [4.69, 9.17) is 23.2 Å². The number of pyridine rings is 2. The quantitative estimate of drug-likeness (QED) is 0.675. The van der Waals surface area contributed by atoms with E-state index in [9.17, 15) is 0 Å². The molecule has 0 amide bonds. The molecule has 3 nitrogen and oxygen atoms in total. The molecular formula is C13H9Cl2N3S. The van der Waals surface area contributed by atoms with E-state index in [1.807, 2.05) is 28.8 Å². The van der Waals surface area contributed by atoms with Crippen LogP contribution in [0, 0.1) is 0 Å². The lowest BCUT2D eigenvalue weighted by Crippen LogP contribution is -1.82. The maximum Gasteiger partial charge on any atom is 0.155 e. The molecule has 6 heteroatoms. The van der Waals surface area contributed by atoms with Crippen LogP contribution in [0.1, 0.15) is 5.69 Å². The molecule has 3 rings (SSSR count). The van der Waals surface area contributed by atoms with Gasteiger partial charge in [0.15, 0.2) is 5.65 Å². The zero-order valence-corrected chi connectivity index (χ0v) is 12.1. The molecule has 19 heavy (non-hydrogen) atoms. The monoisotopic (exact) mass is 309 g/mol. The van der Waals surface area contributed by atoms with Crippen LogP contribution >= 0.6 is 35.0 Å². The lowest BCUT2D eigenvalue weighted by molar-refractivity contribution is 1.13. The van der Waals surface area contributed by atoms with Crippen molar-refractivity contribution in [2.75, 3.05) is 0 Å². The topological polar surface area (TPSA) is 30.2 Å². The third-order valence-corrected chi connectivity index (χ3v) is 3.99. The highest BCUT2D eigenvalue weighted by molar-refractivity contribution is 7.98. The standard InChI is InChI=1S/C13H9Cl2N3S/c14-9-5-11(15)13-17-10(7-18(13)6-9)8-19-12-3-1-2-4-16-12/h1-7H,8H2. The van der Waals surface area contributed by atoms with E-state index in [2.05, 4.69) is 9.97 Å². The van der Waals surface area contributed by atoms with E-state index in [-0.39, 0.29) is 0 Å². The van der Waals surface area contributed by atoms with Crippen molar-refractivity contribution in [2.45, 2.75) is 10.8 Å². The minimum Gasteiger partial charge on any atom is -0.304 e. The molecule has 0 saturated carbocycles. The van der Waals surface area contributed by atoms with E-state index in [0.717, 1.165) is 22.1 Å². The molecule has 0 aliphatic rings. The van der Waals surface area contributed by atoms with E-state index in [1.165, 1.54) is 0 Å². The van der Waals surface area contributed by atoms with Gasteiger partial charge in [-0.25, -0.2) is 9.97 Å². The predicted molar refractivity (Wildman–Crippen MR) is 79.0 cm³/mol. The molecule has 0 radical (unpaired) electrons. The fraction of sp³-hybridized carbons (Fsp3) is 0.0769. The summed E-state index contributed by atoms with van der Waals surface area (Å²) in [6, 6.07) is 7.54. The van der Waals surface area contributed by atoms with Gasteiger partial charge in [-0.2, -0.15) is 0 Å². The molecular weight excluding hydrogens is 301 g/mol. The summed E-state index contributed by atoms with van der Waals surface area (Å²) in [5.74, 6) is 0.743. The largest absolute Gasteiger partial charge is 0.304 e. The number of thioether (sulfide) groups is 1. The molecule has 0 N–H and O–H groups in total. The maximum atomic E-state index is 6.11. The van der Waals surface area contributed by atoms with Crippen LogP contribution in [-0.4, -0.2) is 14.4 Å². The van der Waals surface area contributed by atoms with Crippen LogP contribution in [0.2, 0.25) is 10.0 Å². The Bertz CT molecular complexity index is 712. The summed E-state index contributed by atoms with van der Waals surface area (Å²) in [5, 5.41) is 2.13. The molecule has 3 heterocycles. The molecule has 0 spiro atoms. The van der Waals surface area contributed by atoms with Gasteiger partial charge in [0.25, 0.3) is 0 Å². The van der Waals surface area contributed by atoms with Gasteiger partial charge in [0, 0.05) is 24.3 Å². The van der Waals surface area contributed by atoms with Gasteiger partial charge in [0.1, 0.15) is 0 Å². The SMILES string of the molecule is Clc1cc(Cl)c2nc(CSc3ccccn3)cn2c1. The van der Waals surface area contributed by atoms with Gasteiger partial charge in [-0.05, 0) is 18.2 Å². The van der Waals surface area contributed by atoms with Gasteiger partial charge >= 0.3 is 0 Å². The molecule has 96 valence electrons. The van der Waals surface area contributed by atoms with Gasteiger partial charge in [0.2, 0.25) is 0 Å². The Balaban J connectivity index is 1.84. The second kappa shape index (κ2) is 5.41. The molecule has 0 unspecified atom stereocenters. The molecule has 0 saturated heterocycles. The summed E-state index contributed by atoms with van der Waals surface area (Å²) in [7, 11) is 0. The van der Waals surface area contributed by atoms with Crippen molar-refractivity contribution in [1.82, 2.24) is 14.4 Å². The first-order chi connectivity index (χ1) is 9.22. The maximum absolute atomic E-state index is 6.11. The van der Waals surface area contributed by atoms with Crippen molar-refractivity contribution in [2.24, 2.45) is 0 Å². The molecule has 3 aromatic heterocycles. The Morgan fingerprint density at radius 2 is 2.11 bits per heavy atom. The second-order valence-electron chi connectivity index (χ2n) is 3.93. The molecule has 0 bridgehead atoms. The van der Waals surface area contributed by atoms with Crippen molar-refractivity contribution < 1.29 is 0 Å². The molecule has 3 aromatic rings. The Labute approximate surface area is 124 Å². The molecule has 0 aromatic carbocycles. The third-order valence-electron chi connectivity index (χ3n) is 2.53. The fourth-order valence-electron chi connectivity index (χ4n) is 1.73. The average Bonchev–Trinajstić information content (AvgIpc) is 2.81. The average molecular weight is 310 g/mol. The van der Waals surface area contributed by atoms with Crippen molar-refractivity contribution in [3.05, 3.63) is 58.6 Å². The second-order valence-corrected chi connectivity index (χ2v) is 5.77. The smallest absolute Gasteiger partial charge is 0.155 e. The summed E-state index contributed by atoms with van der Waals surface area (Å²) in [6.07, 6.45) is 5.51. The Kier molecular flexibility index (Phi) is 3.64. The van der Waals surface area contributed by atoms with Gasteiger partial charge in [-0.3, -0.25) is 0 Å². The number of nitrogens with zero attached hydrogens (tertiary/aromatic N) is 3. The zero-order chi connectivity index (χ0) is 13.2. The lowest BCUT2D eigenvalue weighted by atomic mass is 10.5. The number of hydrogen-bond donors (Lipinski definition) is 0. The van der Waals surface area contributed by atoms with Gasteiger partial charge in [-0.1, -0.05) is 41.0 Å². The summed E-state index contributed by atoms with van der Waals surface area (Å²) < 4.78 is 1.85. The third kappa shape index (κ3) is 2.86. The summed E-state index contributed by atoms with van der Waals surface area (Å²) in [6.45, 7) is 0. The fourth-order valence-corrected chi connectivity index (χ4v) is 3.00. The Morgan fingerprint density at radius 3 is 2.89 bits per heavy atom. The first-order valence-electron chi connectivity index (χ1n) is 5.59. The van der Waals surface area contributed by atoms with E-state index >= 15 is 0 Å². The van der Waals surface area contributed by atoms with Gasteiger partial charge < -0.3 is 4.40 Å². The summed E-state index contributed by atoms with van der Waals surface area (Å²) in [4.78, 5) is 8.75. The van der Waals surface area contributed by atoms with Crippen molar-refractivity contribution >= 4 is 40.6 Å². The van der Waals surface area contributed by atoms with E-state index in [0.29, 0.717) is 10.0 Å². The van der Waals surface area contributed by atoms with Crippen molar-refractivity contribution in [3.8, 4) is 0 Å². The minimum atomic E-state index is 0.557. The first-order valence-corrected chi connectivity index (χ1v) is 7.33. The summed E-state index contributed by atoms with van der Waals surface area (Å²) >= 11 is 13.7. The van der Waals surface area contributed by atoms with Crippen LogP contribution in [-0.2, 0) is 5.75 Å². The minimum absolute atomic E-state index is 0.557. The Hall–Kier alpha value is -1.23. The molecule has 0 aliphatic carbocycles. The Morgan fingerprint density at radius 1 is 1.21 bits per heavy atom. The van der Waals surface area contributed by atoms with E-state index in [1.54, 1.807) is 30.2 Å². The van der Waals surface area contributed by atoms with Crippen LogP contribution in [0.3, 0.4) is 0 Å². The highest BCUT2D eigenvalue weighted by atomic mass is 35.5. The zero-order valence-electron chi connectivity index (χ0n) is 9.75. The molecule has 0 fully saturated rings. The van der Waals surface area contributed by atoms with Crippen molar-refractivity contribution in [1.29, 1.82) is 0 Å². The normalized spacial score (nSPS) is 11.1. The van der Waals surface area contributed by atoms with Crippen LogP contribution in [0.25, 0.3) is 5.65 Å². The molecule has 0 aliphatic heterocycles. The van der Waals surface area contributed by atoms with Crippen LogP contribution in [0.15, 0.2) is 47.9 Å². The highest BCUT2D eigenvalue weighted by Gasteiger charge is 2.07. The van der Waals surface area contributed by atoms with Crippen LogP contribution in [0.4, 0.5) is 0 Å². The highest BCUT2D eigenvalue weighted by Crippen LogP contribution is 2.24. The predicted octanol–water partition coefficient (Wildman–Crippen LogP) is 4.33. The lowest BCUT2D eigenvalue weighted by Gasteiger charge is -1.96. The van der Waals surface area contributed by atoms with Crippen LogP contribution < -0.4 is 0 Å². The first kappa shape index (κ1) is 12.8. The summed E-state index contributed by atoms with van der Waals surface area (Å²) in [5.41, 5.74) is 1.67. The number of aromatic nitrogens is 3. The number of fused-ring (bicyclic) bond motifs is 1. The number of rotatable bonds is 3. The number of hydrogen-bond acceptors (Lipinski definition) is 3. The molecule has 0 atom stereocenters. The van der Waals surface area contributed by atoms with Crippen LogP contribution in [0.5, 0.6) is 0 Å². The number of imidazole rings is 1. The van der Waals surface area contributed by atoms with Gasteiger partial charge in [-0.15, -0.1) is 0 Å². The van der Waals surface area contributed by atoms with Gasteiger partial charge in [0.05, 0.1) is 20.8 Å². The van der Waals surface area contributed by atoms with Crippen molar-refractivity contribution in [3.63, 3.8) is 0 Å². The number of halogens is 2. The van der Waals surface area contributed by atoms with E-state index < -0.39 is 0 Å².